The van der Waals surface area contributed by atoms with Gasteiger partial charge in [0.15, 0.2) is 0 Å². The highest BCUT2D eigenvalue weighted by Crippen LogP contribution is 2.28. The van der Waals surface area contributed by atoms with Gasteiger partial charge < -0.3 is 9.88 Å². The molecule has 94 valence electrons. The molecule has 0 saturated carbocycles. The number of para-hydroxylation sites is 1. The Morgan fingerprint density at radius 1 is 1.11 bits per heavy atom. The van der Waals surface area contributed by atoms with Crippen LogP contribution in [-0.4, -0.2) is 21.1 Å². The summed E-state index contributed by atoms with van der Waals surface area (Å²) in [6.45, 7) is 2.81. The number of nitrogens with zero attached hydrogens (tertiary/aromatic N) is 3. The standard InChI is InChI=1S/C15H14N4/c1-3-11-4-2-6-17-15(11)12(5-1)13-9-18-14-10-16-7-8-19(13)14/h1-6,9,16H,7-8,10H2. The Balaban J connectivity index is 1.98. The fraction of sp³-hybridized carbons (Fsp3) is 0.200. The van der Waals surface area contributed by atoms with Crippen molar-refractivity contribution in [3.63, 3.8) is 0 Å². The molecule has 0 saturated heterocycles. The Hall–Kier alpha value is -2.20. The Kier molecular flexibility index (Phi) is 2.35. The van der Waals surface area contributed by atoms with E-state index in [0.717, 1.165) is 31.0 Å². The Morgan fingerprint density at radius 3 is 3.05 bits per heavy atom. The van der Waals surface area contributed by atoms with Crippen molar-refractivity contribution in [1.29, 1.82) is 0 Å². The summed E-state index contributed by atoms with van der Waals surface area (Å²) in [5.41, 5.74) is 3.38. The van der Waals surface area contributed by atoms with Gasteiger partial charge in [-0.1, -0.05) is 24.3 Å². The molecule has 0 fully saturated rings. The Morgan fingerprint density at radius 2 is 2.05 bits per heavy atom. The van der Waals surface area contributed by atoms with E-state index in [1.54, 1.807) is 0 Å². The summed E-state index contributed by atoms with van der Waals surface area (Å²) in [5, 5.41) is 4.51. The van der Waals surface area contributed by atoms with Gasteiger partial charge in [-0.05, 0) is 6.07 Å². The van der Waals surface area contributed by atoms with E-state index in [0.29, 0.717) is 0 Å². The highest BCUT2D eigenvalue weighted by molar-refractivity contribution is 5.92. The lowest BCUT2D eigenvalue weighted by Gasteiger charge is -2.18. The minimum atomic E-state index is 0.845. The van der Waals surface area contributed by atoms with Crippen LogP contribution >= 0.6 is 0 Å². The summed E-state index contributed by atoms with van der Waals surface area (Å²) in [7, 11) is 0. The molecule has 0 aliphatic carbocycles. The van der Waals surface area contributed by atoms with Crippen molar-refractivity contribution in [2.75, 3.05) is 6.54 Å². The van der Waals surface area contributed by atoms with E-state index in [1.807, 2.05) is 18.5 Å². The van der Waals surface area contributed by atoms with Gasteiger partial charge in [0, 0.05) is 30.2 Å². The summed E-state index contributed by atoms with van der Waals surface area (Å²) in [4.78, 5) is 9.04. The molecule has 1 aliphatic heterocycles. The maximum Gasteiger partial charge on any atom is 0.123 e. The van der Waals surface area contributed by atoms with E-state index >= 15 is 0 Å². The average Bonchev–Trinajstić information content (AvgIpc) is 2.90. The van der Waals surface area contributed by atoms with Crippen LogP contribution in [0.3, 0.4) is 0 Å². The second-order valence-corrected chi connectivity index (χ2v) is 4.77. The number of imidazole rings is 1. The molecular formula is C15H14N4. The molecule has 1 aliphatic rings. The van der Waals surface area contributed by atoms with Crippen LogP contribution < -0.4 is 5.32 Å². The molecule has 0 spiro atoms. The van der Waals surface area contributed by atoms with E-state index < -0.39 is 0 Å². The third-order valence-corrected chi connectivity index (χ3v) is 3.64. The van der Waals surface area contributed by atoms with Crippen molar-refractivity contribution in [3.8, 4) is 11.3 Å². The number of aromatic nitrogens is 3. The quantitative estimate of drug-likeness (QED) is 0.720. The van der Waals surface area contributed by atoms with Gasteiger partial charge >= 0.3 is 0 Å². The van der Waals surface area contributed by atoms with Crippen LogP contribution in [0.1, 0.15) is 5.82 Å². The molecule has 4 heteroatoms. The lowest BCUT2D eigenvalue weighted by atomic mass is 10.1. The third-order valence-electron chi connectivity index (χ3n) is 3.64. The molecular weight excluding hydrogens is 236 g/mol. The number of fused-ring (bicyclic) bond motifs is 2. The van der Waals surface area contributed by atoms with Gasteiger partial charge in [-0.25, -0.2) is 4.98 Å². The average molecular weight is 250 g/mol. The minimum absolute atomic E-state index is 0.845. The van der Waals surface area contributed by atoms with Crippen molar-refractivity contribution in [1.82, 2.24) is 19.9 Å². The van der Waals surface area contributed by atoms with Gasteiger partial charge in [0.1, 0.15) is 5.82 Å². The lowest BCUT2D eigenvalue weighted by molar-refractivity contribution is 0.508. The van der Waals surface area contributed by atoms with Gasteiger partial charge in [-0.15, -0.1) is 0 Å². The van der Waals surface area contributed by atoms with Gasteiger partial charge in [0.2, 0.25) is 0 Å². The second-order valence-electron chi connectivity index (χ2n) is 4.77. The molecule has 1 N–H and O–H groups in total. The fourth-order valence-electron chi connectivity index (χ4n) is 2.72. The first-order valence-corrected chi connectivity index (χ1v) is 6.53. The fourth-order valence-corrected chi connectivity index (χ4v) is 2.72. The first kappa shape index (κ1) is 10.7. The van der Waals surface area contributed by atoms with Crippen LogP contribution in [0.4, 0.5) is 0 Å². The van der Waals surface area contributed by atoms with Crippen molar-refractivity contribution in [2.24, 2.45) is 0 Å². The monoisotopic (exact) mass is 250 g/mol. The SMILES string of the molecule is c1cnc2c(-c3cnc4n3CCNC4)cccc2c1. The van der Waals surface area contributed by atoms with Crippen molar-refractivity contribution >= 4 is 10.9 Å². The van der Waals surface area contributed by atoms with Crippen LogP contribution in [0.25, 0.3) is 22.2 Å². The predicted molar refractivity (Wildman–Crippen MR) is 74.7 cm³/mol. The third kappa shape index (κ3) is 1.64. The van der Waals surface area contributed by atoms with Crippen molar-refractivity contribution in [2.45, 2.75) is 13.1 Å². The number of benzene rings is 1. The zero-order chi connectivity index (χ0) is 12.7. The van der Waals surface area contributed by atoms with E-state index in [1.165, 1.54) is 16.6 Å². The van der Waals surface area contributed by atoms with Gasteiger partial charge in [-0.3, -0.25) is 4.98 Å². The molecule has 19 heavy (non-hydrogen) atoms. The van der Waals surface area contributed by atoms with Crippen LogP contribution in [0.15, 0.2) is 42.7 Å². The predicted octanol–water partition coefficient (Wildman–Crippen LogP) is 2.20. The number of pyridine rings is 1. The Bertz CT molecular complexity index is 739. The molecule has 2 aromatic heterocycles. The van der Waals surface area contributed by atoms with E-state index in [2.05, 4.69) is 44.1 Å². The van der Waals surface area contributed by atoms with Gasteiger partial charge in [0.05, 0.1) is 24.0 Å². The molecule has 0 unspecified atom stereocenters. The number of hydrogen-bond donors (Lipinski definition) is 1. The first-order valence-electron chi connectivity index (χ1n) is 6.53. The van der Waals surface area contributed by atoms with E-state index in [-0.39, 0.29) is 0 Å². The topological polar surface area (TPSA) is 42.7 Å². The van der Waals surface area contributed by atoms with Crippen LogP contribution in [-0.2, 0) is 13.1 Å². The van der Waals surface area contributed by atoms with Crippen LogP contribution in [0.2, 0.25) is 0 Å². The molecule has 3 aromatic rings. The highest BCUT2D eigenvalue weighted by atomic mass is 15.2. The van der Waals surface area contributed by atoms with Gasteiger partial charge in [0.25, 0.3) is 0 Å². The second kappa shape index (κ2) is 4.17. The molecule has 0 amide bonds. The summed E-state index contributed by atoms with van der Waals surface area (Å²) < 4.78 is 2.29. The summed E-state index contributed by atoms with van der Waals surface area (Å²) in [6.07, 6.45) is 3.81. The number of rotatable bonds is 1. The van der Waals surface area contributed by atoms with Crippen LogP contribution in [0, 0.1) is 0 Å². The van der Waals surface area contributed by atoms with Crippen molar-refractivity contribution in [3.05, 3.63) is 48.5 Å². The Labute approximate surface area is 111 Å². The molecule has 4 nitrogen and oxygen atoms in total. The number of nitrogens with one attached hydrogen (secondary N) is 1. The maximum atomic E-state index is 4.53. The summed E-state index contributed by atoms with van der Waals surface area (Å²) in [5.74, 6) is 1.11. The molecule has 0 atom stereocenters. The normalized spacial score (nSPS) is 14.5. The van der Waals surface area contributed by atoms with Gasteiger partial charge in [-0.2, -0.15) is 0 Å². The van der Waals surface area contributed by atoms with E-state index in [4.69, 9.17) is 0 Å². The highest BCUT2D eigenvalue weighted by Gasteiger charge is 2.16. The minimum Gasteiger partial charge on any atom is -0.326 e. The molecule has 3 heterocycles. The molecule has 0 bridgehead atoms. The maximum absolute atomic E-state index is 4.53. The van der Waals surface area contributed by atoms with Crippen LogP contribution in [0.5, 0.6) is 0 Å². The first-order chi connectivity index (χ1) is 9.43. The zero-order valence-corrected chi connectivity index (χ0v) is 10.5. The zero-order valence-electron chi connectivity index (χ0n) is 10.5. The van der Waals surface area contributed by atoms with E-state index in [9.17, 15) is 0 Å². The molecule has 0 radical (unpaired) electrons. The lowest BCUT2D eigenvalue weighted by Crippen LogP contribution is -2.28. The summed E-state index contributed by atoms with van der Waals surface area (Å²) in [6, 6.07) is 10.4. The summed E-state index contributed by atoms with van der Waals surface area (Å²) >= 11 is 0. The molecule has 4 rings (SSSR count). The molecule has 1 aromatic carbocycles. The smallest absolute Gasteiger partial charge is 0.123 e. The largest absolute Gasteiger partial charge is 0.326 e. The number of hydrogen-bond acceptors (Lipinski definition) is 3. The van der Waals surface area contributed by atoms with Crippen molar-refractivity contribution < 1.29 is 0 Å².